The van der Waals surface area contributed by atoms with Crippen molar-refractivity contribution in [2.75, 3.05) is 43.6 Å². The van der Waals surface area contributed by atoms with Crippen LogP contribution in [0, 0.1) is 0 Å². The highest BCUT2D eigenvalue weighted by atomic mass is 16.2. The molecule has 3 rings (SSSR count). The number of anilines is 3. The van der Waals surface area contributed by atoms with Crippen LogP contribution < -0.4 is 16.4 Å². The van der Waals surface area contributed by atoms with Crippen molar-refractivity contribution >= 4 is 34.8 Å². The zero-order valence-corrected chi connectivity index (χ0v) is 20.8. The van der Waals surface area contributed by atoms with Gasteiger partial charge in [0.1, 0.15) is 5.69 Å². The Hall–Kier alpha value is -4.24. The topological polar surface area (TPSA) is 121 Å². The second-order valence-corrected chi connectivity index (χ2v) is 8.74. The molecule has 0 aliphatic rings. The van der Waals surface area contributed by atoms with Gasteiger partial charge in [0.2, 0.25) is 0 Å². The first-order valence-electron chi connectivity index (χ1n) is 11.7. The standard InChI is InChI=1S/C27H32N6O3/c1-19(34)21-8-6-9-22(16-21)30-27(36)33(15-7-14-32(2)3)18-20-12-13-25(29-17-20)26(35)31-24-11-5-4-10-23(24)28/h4-6,8-13,16-17H,7,14-15,18,28H2,1-3H3,(H,30,36)(H,31,35). The number of urea groups is 1. The number of rotatable bonds is 10. The van der Waals surface area contributed by atoms with Gasteiger partial charge in [-0.05, 0) is 69.9 Å². The first kappa shape index (κ1) is 26.4. The number of nitrogen functional groups attached to an aromatic ring is 1. The number of nitrogens with one attached hydrogen (secondary N) is 2. The lowest BCUT2D eigenvalue weighted by Crippen LogP contribution is -2.36. The molecule has 0 bridgehead atoms. The summed E-state index contributed by atoms with van der Waals surface area (Å²) in [7, 11) is 3.96. The third-order valence-corrected chi connectivity index (χ3v) is 5.48. The maximum atomic E-state index is 13.1. The number of hydrogen-bond donors (Lipinski definition) is 3. The first-order chi connectivity index (χ1) is 17.2. The van der Waals surface area contributed by atoms with Gasteiger partial charge in [-0.1, -0.05) is 30.3 Å². The highest BCUT2D eigenvalue weighted by molar-refractivity contribution is 6.04. The predicted octanol–water partition coefficient (Wildman–Crippen LogP) is 4.10. The minimum atomic E-state index is -0.370. The summed E-state index contributed by atoms with van der Waals surface area (Å²) in [6.45, 7) is 3.14. The molecule has 3 amide bonds. The lowest BCUT2D eigenvalue weighted by molar-refractivity contribution is 0.101. The van der Waals surface area contributed by atoms with Gasteiger partial charge in [0.05, 0.1) is 11.4 Å². The Kier molecular flexibility index (Phi) is 9.13. The van der Waals surface area contributed by atoms with Crippen molar-refractivity contribution in [2.24, 2.45) is 0 Å². The summed E-state index contributed by atoms with van der Waals surface area (Å²) in [5.41, 5.74) is 8.98. The monoisotopic (exact) mass is 488 g/mol. The molecule has 0 aliphatic heterocycles. The van der Waals surface area contributed by atoms with Gasteiger partial charge in [0, 0.05) is 30.5 Å². The molecule has 0 spiro atoms. The van der Waals surface area contributed by atoms with E-state index in [1.165, 1.54) is 6.92 Å². The molecular weight excluding hydrogens is 456 g/mol. The zero-order chi connectivity index (χ0) is 26.1. The number of Topliss-reactive ketones (excluding diaryl/α,β-unsaturated/α-hetero) is 1. The van der Waals surface area contributed by atoms with Gasteiger partial charge in [-0.15, -0.1) is 0 Å². The average molecular weight is 489 g/mol. The molecule has 0 saturated carbocycles. The summed E-state index contributed by atoms with van der Waals surface area (Å²) < 4.78 is 0. The Morgan fingerprint density at radius 2 is 1.72 bits per heavy atom. The van der Waals surface area contributed by atoms with Crippen LogP contribution in [-0.2, 0) is 6.54 Å². The second kappa shape index (κ2) is 12.5. The number of aromatic nitrogens is 1. The number of carbonyl (C=O) groups excluding carboxylic acids is 3. The van der Waals surface area contributed by atoms with Gasteiger partial charge in [-0.3, -0.25) is 14.6 Å². The van der Waals surface area contributed by atoms with Crippen LogP contribution in [0.3, 0.4) is 0 Å². The zero-order valence-electron chi connectivity index (χ0n) is 20.8. The van der Waals surface area contributed by atoms with Crippen LogP contribution in [0.5, 0.6) is 0 Å². The summed E-state index contributed by atoms with van der Waals surface area (Å²) in [6.07, 6.45) is 2.37. The number of hydrogen-bond acceptors (Lipinski definition) is 6. The SMILES string of the molecule is CC(=O)c1cccc(NC(=O)N(CCCN(C)C)Cc2ccc(C(=O)Nc3ccccc3N)nc2)c1. The van der Waals surface area contributed by atoms with Crippen LogP contribution in [0.1, 0.15) is 39.8 Å². The fraction of sp³-hybridized carbons (Fsp3) is 0.259. The predicted molar refractivity (Wildman–Crippen MR) is 142 cm³/mol. The molecule has 0 radical (unpaired) electrons. The molecule has 9 nitrogen and oxygen atoms in total. The summed E-state index contributed by atoms with van der Waals surface area (Å²) in [4.78, 5) is 45.4. The lowest BCUT2D eigenvalue weighted by atomic mass is 10.1. The van der Waals surface area contributed by atoms with Gasteiger partial charge in [0.15, 0.2) is 5.78 Å². The van der Waals surface area contributed by atoms with Gasteiger partial charge < -0.3 is 26.2 Å². The Labute approximate surface area is 211 Å². The van der Waals surface area contributed by atoms with Gasteiger partial charge in [-0.2, -0.15) is 0 Å². The van der Waals surface area contributed by atoms with E-state index in [-0.39, 0.29) is 23.4 Å². The number of nitrogens with two attached hydrogens (primary N) is 1. The van der Waals surface area contributed by atoms with E-state index >= 15 is 0 Å². The van der Waals surface area contributed by atoms with Crippen molar-refractivity contribution in [1.29, 1.82) is 0 Å². The highest BCUT2D eigenvalue weighted by Crippen LogP contribution is 2.18. The lowest BCUT2D eigenvalue weighted by Gasteiger charge is -2.24. The average Bonchev–Trinajstić information content (AvgIpc) is 2.85. The number of para-hydroxylation sites is 2. The van der Waals surface area contributed by atoms with E-state index in [0.29, 0.717) is 35.7 Å². The van der Waals surface area contributed by atoms with Crippen molar-refractivity contribution in [1.82, 2.24) is 14.8 Å². The van der Waals surface area contributed by atoms with Crippen molar-refractivity contribution < 1.29 is 14.4 Å². The Balaban J connectivity index is 1.69. The molecule has 9 heteroatoms. The van der Waals surface area contributed by atoms with Crippen molar-refractivity contribution in [3.8, 4) is 0 Å². The van der Waals surface area contributed by atoms with E-state index in [1.54, 1.807) is 71.8 Å². The summed E-state index contributed by atoms with van der Waals surface area (Å²) in [6, 6.07) is 17.0. The van der Waals surface area contributed by atoms with Crippen LogP contribution in [0.25, 0.3) is 0 Å². The van der Waals surface area contributed by atoms with E-state index in [1.807, 2.05) is 14.1 Å². The Bertz CT molecular complexity index is 1210. The molecule has 36 heavy (non-hydrogen) atoms. The molecule has 2 aromatic carbocycles. The molecule has 188 valence electrons. The third kappa shape index (κ3) is 7.64. The maximum Gasteiger partial charge on any atom is 0.322 e. The fourth-order valence-corrected chi connectivity index (χ4v) is 3.52. The Morgan fingerprint density at radius 1 is 0.944 bits per heavy atom. The van der Waals surface area contributed by atoms with Gasteiger partial charge >= 0.3 is 6.03 Å². The molecule has 4 N–H and O–H groups in total. The van der Waals surface area contributed by atoms with Crippen LogP contribution in [0.15, 0.2) is 66.9 Å². The summed E-state index contributed by atoms with van der Waals surface area (Å²) in [5.74, 6) is -0.440. The maximum absolute atomic E-state index is 13.1. The van der Waals surface area contributed by atoms with E-state index in [2.05, 4.69) is 20.5 Å². The van der Waals surface area contributed by atoms with E-state index in [0.717, 1.165) is 18.5 Å². The number of carbonyl (C=O) groups is 3. The molecule has 1 aromatic heterocycles. The largest absolute Gasteiger partial charge is 0.397 e. The fourth-order valence-electron chi connectivity index (χ4n) is 3.52. The van der Waals surface area contributed by atoms with E-state index in [4.69, 9.17) is 5.73 Å². The number of pyridine rings is 1. The molecule has 0 saturated heterocycles. The number of ketones is 1. The molecule has 0 unspecified atom stereocenters. The summed E-state index contributed by atoms with van der Waals surface area (Å²) in [5, 5.41) is 5.64. The minimum Gasteiger partial charge on any atom is -0.397 e. The third-order valence-electron chi connectivity index (χ3n) is 5.48. The van der Waals surface area contributed by atoms with Gasteiger partial charge in [-0.25, -0.2) is 4.79 Å². The molecule has 0 atom stereocenters. The van der Waals surface area contributed by atoms with Crippen LogP contribution in [0.4, 0.5) is 21.9 Å². The molecule has 3 aromatic rings. The Morgan fingerprint density at radius 3 is 2.39 bits per heavy atom. The molecule has 1 heterocycles. The summed E-state index contributed by atoms with van der Waals surface area (Å²) >= 11 is 0. The van der Waals surface area contributed by atoms with Crippen molar-refractivity contribution in [3.05, 3.63) is 83.7 Å². The van der Waals surface area contributed by atoms with Crippen LogP contribution in [-0.4, -0.2) is 59.7 Å². The van der Waals surface area contributed by atoms with Crippen molar-refractivity contribution in [2.45, 2.75) is 19.9 Å². The quantitative estimate of drug-likeness (QED) is 0.292. The smallest absolute Gasteiger partial charge is 0.322 e. The van der Waals surface area contributed by atoms with Gasteiger partial charge in [0.25, 0.3) is 5.91 Å². The van der Waals surface area contributed by atoms with Crippen LogP contribution in [0.2, 0.25) is 0 Å². The molecular formula is C27H32N6O3. The second-order valence-electron chi connectivity index (χ2n) is 8.74. The number of nitrogens with zero attached hydrogens (tertiary/aromatic N) is 3. The van der Waals surface area contributed by atoms with Crippen molar-refractivity contribution in [3.63, 3.8) is 0 Å². The van der Waals surface area contributed by atoms with E-state index in [9.17, 15) is 14.4 Å². The minimum absolute atomic E-state index is 0.0703. The number of amides is 3. The normalized spacial score (nSPS) is 10.7. The van der Waals surface area contributed by atoms with Crippen LogP contribution >= 0.6 is 0 Å². The number of benzene rings is 2. The van der Waals surface area contributed by atoms with E-state index < -0.39 is 0 Å². The first-order valence-corrected chi connectivity index (χ1v) is 11.7. The highest BCUT2D eigenvalue weighted by Gasteiger charge is 2.16. The molecule has 0 aliphatic carbocycles. The molecule has 0 fully saturated rings.